The number of aryl methyl sites for hydroxylation is 1. The van der Waals surface area contributed by atoms with Crippen LogP contribution in [0.3, 0.4) is 0 Å². The van der Waals surface area contributed by atoms with Crippen LogP contribution >= 0.6 is 28.3 Å². The largest absolute Gasteiger partial charge is 0.434 e. The van der Waals surface area contributed by atoms with Crippen LogP contribution in [0, 0.1) is 12.8 Å². The van der Waals surface area contributed by atoms with Crippen LogP contribution in [0.15, 0.2) is 16.6 Å². The normalized spacial score (nSPS) is 22.4. The summed E-state index contributed by atoms with van der Waals surface area (Å²) in [6, 6.07) is 3.75. The Labute approximate surface area is 138 Å². The average molecular weight is 386 g/mol. The summed E-state index contributed by atoms with van der Waals surface area (Å²) >= 11 is 3.40. The number of nitrogens with two attached hydrogens (primary N) is 1. The molecule has 0 aliphatic carbocycles. The van der Waals surface area contributed by atoms with Gasteiger partial charge >= 0.3 is 6.61 Å². The monoisotopic (exact) mass is 384 g/mol. The quantitative estimate of drug-likeness (QED) is 0.861. The van der Waals surface area contributed by atoms with E-state index in [1.165, 1.54) is 0 Å². The van der Waals surface area contributed by atoms with Crippen molar-refractivity contribution in [3.63, 3.8) is 0 Å². The van der Waals surface area contributed by atoms with E-state index in [1.54, 1.807) is 13.0 Å². The summed E-state index contributed by atoms with van der Waals surface area (Å²) in [4.78, 5) is 2.18. The van der Waals surface area contributed by atoms with E-state index in [2.05, 4.69) is 32.5 Å². The number of alkyl halides is 2. The number of rotatable bonds is 4. The number of hydrogen-bond donors (Lipinski definition) is 1. The standard InChI is InChI=1S/C14H19BrF2N2O.ClH/c1-8-3-11(15)4-10(13(8)20-14(16)17)6-19-5-9(2)12(18)7-19;/h3-4,9,12,14H,5-7,18H2,1-2H3;1H. The highest BCUT2D eigenvalue weighted by Gasteiger charge is 2.27. The van der Waals surface area contributed by atoms with Crippen LogP contribution in [0.2, 0.25) is 0 Å². The summed E-state index contributed by atoms with van der Waals surface area (Å²) < 4.78 is 30.6. The maximum absolute atomic E-state index is 12.6. The Morgan fingerprint density at radius 1 is 1.43 bits per heavy atom. The van der Waals surface area contributed by atoms with Crippen LogP contribution in [0.1, 0.15) is 18.1 Å². The lowest BCUT2D eigenvalue weighted by Crippen LogP contribution is -2.28. The molecular formula is C14H20BrClF2N2O. The smallest absolute Gasteiger partial charge is 0.387 e. The van der Waals surface area contributed by atoms with Crippen molar-refractivity contribution >= 4 is 28.3 Å². The molecule has 1 aromatic carbocycles. The Kier molecular flexibility index (Phi) is 6.84. The lowest BCUT2D eigenvalue weighted by atomic mass is 10.1. The maximum Gasteiger partial charge on any atom is 0.387 e. The van der Waals surface area contributed by atoms with Gasteiger partial charge in [-0.05, 0) is 30.5 Å². The lowest BCUT2D eigenvalue weighted by molar-refractivity contribution is -0.0512. The number of ether oxygens (including phenoxy) is 1. The minimum absolute atomic E-state index is 0. The van der Waals surface area contributed by atoms with Gasteiger partial charge in [-0.2, -0.15) is 8.78 Å². The van der Waals surface area contributed by atoms with Crippen LogP contribution in [-0.4, -0.2) is 30.6 Å². The van der Waals surface area contributed by atoms with Gasteiger partial charge in [-0.25, -0.2) is 0 Å². The fourth-order valence-corrected chi connectivity index (χ4v) is 3.26. The number of likely N-dealkylation sites (tertiary alicyclic amines) is 1. The second-order valence-corrected chi connectivity index (χ2v) is 6.34. The lowest BCUT2D eigenvalue weighted by Gasteiger charge is -2.20. The molecule has 2 N–H and O–H groups in total. The van der Waals surface area contributed by atoms with E-state index in [-0.39, 0.29) is 24.2 Å². The van der Waals surface area contributed by atoms with E-state index in [1.807, 2.05) is 6.07 Å². The molecule has 1 saturated heterocycles. The predicted molar refractivity (Wildman–Crippen MR) is 85.2 cm³/mol. The van der Waals surface area contributed by atoms with Gasteiger partial charge < -0.3 is 10.5 Å². The highest BCUT2D eigenvalue weighted by atomic mass is 79.9. The molecule has 1 aliphatic rings. The fraction of sp³-hybridized carbons (Fsp3) is 0.571. The molecule has 1 heterocycles. The molecule has 0 spiro atoms. The maximum atomic E-state index is 12.6. The molecule has 2 atom stereocenters. The molecule has 1 aliphatic heterocycles. The molecule has 0 amide bonds. The van der Waals surface area contributed by atoms with Gasteiger partial charge in [0.15, 0.2) is 0 Å². The van der Waals surface area contributed by atoms with Crippen molar-refractivity contribution in [2.24, 2.45) is 11.7 Å². The Bertz CT molecular complexity index is 480. The van der Waals surface area contributed by atoms with Crippen molar-refractivity contribution in [1.29, 1.82) is 0 Å². The Morgan fingerprint density at radius 2 is 2.10 bits per heavy atom. The number of halogens is 4. The highest BCUT2D eigenvalue weighted by molar-refractivity contribution is 9.10. The molecule has 21 heavy (non-hydrogen) atoms. The van der Waals surface area contributed by atoms with Gasteiger partial charge in [-0.1, -0.05) is 22.9 Å². The van der Waals surface area contributed by atoms with Gasteiger partial charge in [-0.3, -0.25) is 4.90 Å². The minimum Gasteiger partial charge on any atom is -0.434 e. The third kappa shape index (κ3) is 4.77. The molecular weight excluding hydrogens is 366 g/mol. The minimum atomic E-state index is -2.81. The molecule has 0 aromatic heterocycles. The van der Waals surface area contributed by atoms with E-state index in [9.17, 15) is 8.78 Å². The van der Waals surface area contributed by atoms with Crippen LogP contribution < -0.4 is 10.5 Å². The molecule has 0 saturated carbocycles. The topological polar surface area (TPSA) is 38.5 Å². The van der Waals surface area contributed by atoms with Gasteiger partial charge in [0.1, 0.15) is 5.75 Å². The number of benzene rings is 1. The third-order valence-electron chi connectivity index (χ3n) is 3.66. The molecule has 120 valence electrons. The molecule has 2 unspecified atom stereocenters. The van der Waals surface area contributed by atoms with Crippen molar-refractivity contribution in [1.82, 2.24) is 4.90 Å². The van der Waals surface area contributed by atoms with E-state index in [4.69, 9.17) is 5.73 Å². The van der Waals surface area contributed by atoms with E-state index in [0.29, 0.717) is 18.0 Å². The first kappa shape index (κ1) is 18.6. The van der Waals surface area contributed by atoms with Crippen molar-refractivity contribution in [2.75, 3.05) is 13.1 Å². The second kappa shape index (κ2) is 7.72. The second-order valence-electron chi connectivity index (χ2n) is 5.42. The average Bonchev–Trinajstić information content (AvgIpc) is 2.62. The molecule has 0 bridgehead atoms. The van der Waals surface area contributed by atoms with Gasteiger partial charge in [-0.15, -0.1) is 12.4 Å². The third-order valence-corrected chi connectivity index (χ3v) is 4.12. The SMILES string of the molecule is Cc1cc(Br)cc(CN2CC(C)C(N)C2)c1OC(F)F.Cl. The fourth-order valence-electron chi connectivity index (χ4n) is 2.64. The number of nitrogens with zero attached hydrogens (tertiary/aromatic N) is 1. The Balaban J connectivity index is 0.00000220. The summed E-state index contributed by atoms with van der Waals surface area (Å²) in [7, 11) is 0. The van der Waals surface area contributed by atoms with Crippen molar-refractivity contribution in [3.05, 3.63) is 27.7 Å². The zero-order valence-corrected chi connectivity index (χ0v) is 14.4. The summed E-state index contributed by atoms with van der Waals surface area (Å²) in [5, 5.41) is 0. The Hall–Kier alpha value is -0.430. The van der Waals surface area contributed by atoms with Crippen LogP contribution in [0.4, 0.5) is 8.78 Å². The zero-order chi connectivity index (χ0) is 14.9. The Morgan fingerprint density at radius 3 is 2.62 bits per heavy atom. The van der Waals surface area contributed by atoms with Crippen LogP contribution in [-0.2, 0) is 6.54 Å². The predicted octanol–water partition coefficient (Wildman–Crippen LogP) is 3.56. The molecule has 0 radical (unpaired) electrons. The summed E-state index contributed by atoms with van der Waals surface area (Å²) in [5.41, 5.74) is 7.46. The summed E-state index contributed by atoms with van der Waals surface area (Å²) in [6.45, 7) is 3.29. The van der Waals surface area contributed by atoms with Crippen molar-refractivity contribution < 1.29 is 13.5 Å². The van der Waals surface area contributed by atoms with Crippen LogP contribution in [0.25, 0.3) is 0 Å². The van der Waals surface area contributed by atoms with Gasteiger partial charge in [0.2, 0.25) is 0 Å². The molecule has 1 aromatic rings. The van der Waals surface area contributed by atoms with Crippen molar-refractivity contribution in [2.45, 2.75) is 33.0 Å². The summed E-state index contributed by atoms with van der Waals surface area (Å²) in [5.74, 6) is 0.694. The zero-order valence-electron chi connectivity index (χ0n) is 12.0. The van der Waals surface area contributed by atoms with Crippen LogP contribution in [0.5, 0.6) is 5.75 Å². The van der Waals surface area contributed by atoms with E-state index < -0.39 is 6.61 Å². The molecule has 7 heteroatoms. The van der Waals surface area contributed by atoms with Crippen molar-refractivity contribution in [3.8, 4) is 5.75 Å². The molecule has 2 rings (SSSR count). The van der Waals surface area contributed by atoms with Gasteiger partial charge in [0.05, 0.1) is 0 Å². The first-order valence-electron chi connectivity index (χ1n) is 6.58. The first-order chi connectivity index (χ1) is 9.36. The first-order valence-corrected chi connectivity index (χ1v) is 7.38. The van der Waals surface area contributed by atoms with E-state index in [0.717, 1.165) is 23.1 Å². The van der Waals surface area contributed by atoms with Gasteiger partial charge in [0.25, 0.3) is 0 Å². The highest BCUT2D eigenvalue weighted by Crippen LogP contribution is 2.31. The number of hydrogen-bond acceptors (Lipinski definition) is 3. The van der Waals surface area contributed by atoms with Gasteiger partial charge in [0, 0.05) is 35.7 Å². The molecule has 3 nitrogen and oxygen atoms in total. The summed E-state index contributed by atoms with van der Waals surface area (Å²) in [6.07, 6.45) is 0. The molecule has 1 fully saturated rings. The van der Waals surface area contributed by atoms with E-state index >= 15 is 0 Å².